The molecular formula is C16H18N4. The second-order valence-electron chi connectivity index (χ2n) is 5.03. The summed E-state index contributed by atoms with van der Waals surface area (Å²) in [7, 11) is 0. The number of fused-ring (bicyclic) bond motifs is 1. The van der Waals surface area contributed by atoms with Gasteiger partial charge in [-0.3, -0.25) is 4.98 Å². The van der Waals surface area contributed by atoms with Gasteiger partial charge in [0.2, 0.25) is 0 Å². The number of hydrogen-bond donors (Lipinski definition) is 2. The largest absolute Gasteiger partial charge is 0.341 e. The summed E-state index contributed by atoms with van der Waals surface area (Å²) in [5, 5.41) is 3.55. The minimum absolute atomic E-state index is 0.158. The number of nitrogens with one attached hydrogen (secondary N) is 2. The quantitative estimate of drug-likeness (QED) is 0.761. The Morgan fingerprint density at radius 2 is 1.75 bits per heavy atom. The SMILES string of the molecule is CC(NC(C)c1nc2ccccc2[nH]1)c1ccncc1. The van der Waals surface area contributed by atoms with E-state index in [1.165, 1.54) is 5.56 Å². The van der Waals surface area contributed by atoms with Crippen LogP contribution in [0.15, 0.2) is 48.8 Å². The van der Waals surface area contributed by atoms with Gasteiger partial charge in [0.15, 0.2) is 0 Å². The topological polar surface area (TPSA) is 53.6 Å². The lowest BCUT2D eigenvalue weighted by Crippen LogP contribution is -2.23. The lowest BCUT2D eigenvalue weighted by atomic mass is 10.1. The summed E-state index contributed by atoms with van der Waals surface area (Å²) in [6.45, 7) is 4.27. The molecule has 2 atom stereocenters. The molecule has 0 aliphatic heterocycles. The van der Waals surface area contributed by atoms with E-state index in [1.54, 1.807) is 0 Å². The predicted octanol–water partition coefficient (Wildman–Crippen LogP) is 3.37. The molecule has 20 heavy (non-hydrogen) atoms. The van der Waals surface area contributed by atoms with E-state index in [0.717, 1.165) is 16.9 Å². The molecule has 0 aliphatic rings. The molecule has 2 aromatic heterocycles. The number of benzene rings is 1. The Bertz CT molecular complexity index is 657. The Balaban J connectivity index is 1.77. The van der Waals surface area contributed by atoms with Crippen molar-refractivity contribution in [3.8, 4) is 0 Å². The fourth-order valence-electron chi connectivity index (χ4n) is 2.38. The van der Waals surface area contributed by atoms with Crippen molar-refractivity contribution in [1.29, 1.82) is 0 Å². The minimum Gasteiger partial charge on any atom is -0.341 e. The average molecular weight is 266 g/mol. The second kappa shape index (κ2) is 5.43. The molecular weight excluding hydrogens is 248 g/mol. The molecule has 0 spiro atoms. The monoisotopic (exact) mass is 266 g/mol. The van der Waals surface area contributed by atoms with Crippen LogP contribution in [0.4, 0.5) is 0 Å². The van der Waals surface area contributed by atoms with Crippen LogP contribution in [0.1, 0.15) is 37.3 Å². The molecule has 0 saturated carbocycles. The molecule has 4 nitrogen and oxygen atoms in total. The van der Waals surface area contributed by atoms with Gasteiger partial charge in [-0.2, -0.15) is 0 Å². The molecule has 0 saturated heterocycles. The Kier molecular flexibility index (Phi) is 3.48. The Labute approximate surface area is 118 Å². The first-order chi connectivity index (χ1) is 9.74. The third-order valence-electron chi connectivity index (χ3n) is 3.52. The van der Waals surface area contributed by atoms with Gasteiger partial charge in [0, 0.05) is 18.4 Å². The van der Waals surface area contributed by atoms with E-state index in [2.05, 4.69) is 34.1 Å². The molecule has 4 heteroatoms. The number of H-pyrrole nitrogens is 1. The molecule has 0 radical (unpaired) electrons. The first-order valence-corrected chi connectivity index (χ1v) is 6.84. The van der Waals surface area contributed by atoms with Crippen LogP contribution in [0, 0.1) is 0 Å². The van der Waals surface area contributed by atoms with Gasteiger partial charge in [0.05, 0.1) is 17.1 Å². The summed E-state index contributed by atoms with van der Waals surface area (Å²) < 4.78 is 0. The summed E-state index contributed by atoms with van der Waals surface area (Å²) in [6.07, 6.45) is 3.64. The van der Waals surface area contributed by atoms with Crippen molar-refractivity contribution < 1.29 is 0 Å². The van der Waals surface area contributed by atoms with E-state index in [0.29, 0.717) is 0 Å². The maximum atomic E-state index is 4.63. The van der Waals surface area contributed by atoms with Gasteiger partial charge in [-0.15, -0.1) is 0 Å². The number of pyridine rings is 1. The van der Waals surface area contributed by atoms with E-state index >= 15 is 0 Å². The van der Waals surface area contributed by atoms with Gasteiger partial charge in [-0.05, 0) is 43.7 Å². The van der Waals surface area contributed by atoms with Gasteiger partial charge >= 0.3 is 0 Å². The van der Waals surface area contributed by atoms with Crippen molar-refractivity contribution in [1.82, 2.24) is 20.3 Å². The zero-order valence-electron chi connectivity index (χ0n) is 11.7. The highest BCUT2D eigenvalue weighted by atomic mass is 15.0. The normalized spacial score (nSPS) is 14.3. The molecule has 2 N–H and O–H groups in total. The van der Waals surface area contributed by atoms with Crippen LogP contribution in [0.2, 0.25) is 0 Å². The zero-order valence-corrected chi connectivity index (χ0v) is 11.7. The number of rotatable bonds is 4. The van der Waals surface area contributed by atoms with E-state index in [-0.39, 0.29) is 12.1 Å². The molecule has 3 rings (SSSR count). The molecule has 0 fully saturated rings. The van der Waals surface area contributed by atoms with Crippen LogP contribution in [0.25, 0.3) is 11.0 Å². The highest BCUT2D eigenvalue weighted by Crippen LogP contribution is 2.19. The summed E-state index contributed by atoms with van der Waals surface area (Å²) in [6, 6.07) is 12.6. The van der Waals surface area contributed by atoms with Crippen molar-refractivity contribution in [2.24, 2.45) is 0 Å². The van der Waals surface area contributed by atoms with Crippen LogP contribution < -0.4 is 5.32 Å². The smallest absolute Gasteiger partial charge is 0.124 e. The number of para-hydroxylation sites is 2. The average Bonchev–Trinajstić information content (AvgIpc) is 2.92. The van der Waals surface area contributed by atoms with Crippen molar-refractivity contribution >= 4 is 11.0 Å². The molecule has 102 valence electrons. The fraction of sp³-hybridized carbons (Fsp3) is 0.250. The van der Waals surface area contributed by atoms with Crippen molar-refractivity contribution in [2.45, 2.75) is 25.9 Å². The van der Waals surface area contributed by atoms with Gasteiger partial charge in [-0.1, -0.05) is 12.1 Å². The van der Waals surface area contributed by atoms with Crippen LogP contribution in [0.3, 0.4) is 0 Å². The maximum Gasteiger partial charge on any atom is 0.124 e. The molecule has 0 aliphatic carbocycles. The highest BCUT2D eigenvalue weighted by Gasteiger charge is 2.14. The second-order valence-corrected chi connectivity index (χ2v) is 5.03. The first-order valence-electron chi connectivity index (χ1n) is 6.84. The highest BCUT2D eigenvalue weighted by molar-refractivity contribution is 5.74. The number of nitrogens with zero attached hydrogens (tertiary/aromatic N) is 2. The third kappa shape index (κ3) is 2.56. The number of hydrogen-bond acceptors (Lipinski definition) is 3. The number of imidazole rings is 1. The van der Waals surface area contributed by atoms with Crippen LogP contribution in [0.5, 0.6) is 0 Å². The van der Waals surface area contributed by atoms with E-state index in [9.17, 15) is 0 Å². The summed E-state index contributed by atoms with van der Waals surface area (Å²) >= 11 is 0. The van der Waals surface area contributed by atoms with Crippen LogP contribution in [-0.4, -0.2) is 15.0 Å². The number of aromatic nitrogens is 3. The van der Waals surface area contributed by atoms with Crippen LogP contribution >= 0.6 is 0 Å². The van der Waals surface area contributed by atoms with E-state index < -0.39 is 0 Å². The first kappa shape index (κ1) is 12.8. The lowest BCUT2D eigenvalue weighted by molar-refractivity contribution is 0.480. The van der Waals surface area contributed by atoms with E-state index in [1.807, 2.05) is 48.8 Å². The van der Waals surface area contributed by atoms with Crippen molar-refractivity contribution in [3.05, 3.63) is 60.2 Å². The summed E-state index contributed by atoms with van der Waals surface area (Å²) in [4.78, 5) is 12.0. The van der Waals surface area contributed by atoms with Crippen LogP contribution in [-0.2, 0) is 0 Å². The summed E-state index contributed by atoms with van der Waals surface area (Å²) in [5.41, 5.74) is 3.31. The zero-order chi connectivity index (χ0) is 13.9. The molecule has 1 aromatic carbocycles. The molecule has 2 unspecified atom stereocenters. The standard InChI is InChI=1S/C16H18N4/c1-11(13-7-9-17-10-8-13)18-12(2)16-19-14-5-3-4-6-15(14)20-16/h3-12,18H,1-2H3,(H,19,20). The minimum atomic E-state index is 0.158. The molecule has 2 heterocycles. The molecule has 0 bridgehead atoms. The van der Waals surface area contributed by atoms with Crippen molar-refractivity contribution in [3.63, 3.8) is 0 Å². The van der Waals surface area contributed by atoms with Gasteiger partial charge in [0.25, 0.3) is 0 Å². The van der Waals surface area contributed by atoms with Gasteiger partial charge in [0.1, 0.15) is 5.82 Å². The third-order valence-corrected chi connectivity index (χ3v) is 3.52. The predicted molar refractivity (Wildman–Crippen MR) is 80.3 cm³/mol. The van der Waals surface area contributed by atoms with E-state index in [4.69, 9.17) is 0 Å². The summed E-state index contributed by atoms with van der Waals surface area (Å²) in [5.74, 6) is 0.965. The Hall–Kier alpha value is -2.20. The molecule has 3 aromatic rings. The molecule has 0 amide bonds. The maximum absolute atomic E-state index is 4.63. The number of aromatic amines is 1. The van der Waals surface area contributed by atoms with Gasteiger partial charge < -0.3 is 10.3 Å². The van der Waals surface area contributed by atoms with Gasteiger partial charge in [-0.25, -0.2) is 4.98 Å². The Morgan fingerprint density at radius 3 is 2.50 bits per heavy atom. The fourth-order valence-corrected chi connectivity index (χ4v) is 2.38. The Morgan fingerprint density at radius 1 is 1.00 bits per heavy atom. The lowest BCUT2D eigenvalue weighted by Gasteiger charge is -2.18. The van der Waals surface area contributed by atoms with Crippen molar-refractivity contribution in [2.75, 3.05) is 0 Å².